The molecule has 2 heterocycles. The van der Waals surface area contributed by atoms with Gasteiger partial charge in [-0.25, -0.2) is 4.98 Å². The fourth-order valence-corrected chi connectivity index (χ4v) is 3.94. The minimum atomic E-state index is -4.53. The summed E-state index contributed by atoms with van der Waals surface area (Å²) in [5.41, 5.74) is 2.06. The van der Waals surface area contributed by atoms with Crippen LogP contribution in [0.1, 0.15) is 16.7 Å². The van der Waals surface area contributed by atoms with Gasteiger partial charge in [-0.1, -0.05) is 24.3 Å². The number of anilines is 2. The van der Waals surface area contributed by atoms with E-state index in [-0.39, 0.29) is 28.1 Å². The number of fused-ring (bicyclic) bond motifs is 1. The molecule has 1 aliphatic rings. The Morgan fingerprint density at radius 3 is 2.47 bits per heavy atom. The maximum Gasteiger partial charge on any atom is 0.416 e. The smallest absolute Gasteiger partial charge is 0.354 e. The molecule has 1 aliphatic heterocycles. The highest BCUT2D eigenvalue weighted by Crippen LogP contribution is 2.40. The molecule has 11 heteroatoms. The van der Waals surface area contributed by atoms with Gasteiger partial charge in [0.2, 0.25) is 0 Å². The van der Waals surface area contributed by atoms with Crippen LogP contribution < -0.4 is 10.6 Å². The van der Waals surface area contributed by atoms with E-state index in [9.17, 15) is 28.1 Å². The van der Waals surface area contributed by atoms with Gasteiger partial charge in [-0.15, -0.1) is 0 Å². The summed E-state index contributed by atoms with van der Waals surface area (Å²) in [4.78, 5) is 30.9. The maximum absolute atomic E-state index is 13.2. The molecular weight excluding hydrogens is 475 g/mol. The minimum absolute atomic E-state index is 0.0682. The molecule has 3 N–H and O–H groups in total. The summed E-state index contributed by atoms with van der Waals surface area (Å²) in [6.07, 6.45) is -1.30. The molecule has 0 atom stereocenters. The lowest BCUT2D eigenvalue weighted by Crippen LogP contribution is -2.11. The van der Waals surface area contributed by atoms with Crippen LogP contribution in [0.2, 0.25) is 0 Å². The van der Waals surface area contributed by atoms with E-state index in [2.05, 4.69) is 20.6 Å². The molecule has 0 saturated heterocycles. The van der Waals surface area contributed by atoms with Crippen LogP contribution in [-0.2, 0) is 11.0 Å². The summed E-state index contributed by atoms with van der Waals surface area (Å²) in [5, 5.41) is 17.2. The number of carbonyl (C=O) groups excluding carboxylic acids is 1. The van der Waals surface area contributed by atoms with Gasteiger partial charge >= 0.3 is 6.18 Å². The van der Waals surface area contributed by atoms with Crippen molar-refractivity contribution in [2.45, 2.75) is 6.18 Å². The Morgan fingerprint density at radius 2 is 1.81 bits per heavy atom. The van der Waals surface area contributed by atoms with Crippen molar-refractivity contribution in [3.8, 4) is 11.3 Å². The van der Waals surface area contributed by atoms with Gasteiger partial charge in [-0.2, -0.15) is 13.2 Å². The number of hydrogen-bond donors (Lipinski definition) is 3. The lowest BCUT2D eigenvalue weighted by atomic mass is 9.98. The number of alkyl halides is 3. The fourth-order valence-electron chi connectivity index (χ4n) is 3.94. The number of amides is 1. The molecule has 1 aromatic heterocycles. The number of nitro groups is 1. The molecule has 8 nitrogen and oxygen atoms in total. The van der Waals surface area contributed by atoms with Crippen LogP contribution in [0.4, 0.5) is 30.2 Å². The van der Waals surface area contributed by atoms with Gasteiger partial charge in [0.15, 0.2) is 0 Å². The molecule has 4 aromatic rings. The SMILES string of the molecule is O=C1Nc2ccc([N+](=O)[O-])cc2C1=C(Nc1cccc(-c2c[nH]cn2)c1)c1ccc(C(F)(F)F)cc1. The Balaban J connectivity index is 1.67. The third kappa shape index (κ3) is 4.29. The number of imidazole rings is 1. The molecule has 1 amide bonds. The van der Waals surface area contributed by atoms with Crippen LogP contribution in [0.3, 0.4) is 0 Å². The number of halogens is 3. The second kappa shape index (κ2) is 8.69. The standard InChI is InChI=1S/C25H16F3N5O3/c26-25(27,28)16-6-4-14(5-7-16)23(31-17-3-1-2-15(10-17)21-12-29-13-30-21)22-19-11-18(33(35)36)8-9-20(19)32-24(22)34/h1-13,31H,(H,29,30)(H,32,34). The Labute approximate surface area is 201 Å². The molecule has 5 rings (SSSR count). The highest BCUT2D eigenvalue weighted by Gasteiger charge is 2.32. The lowest BCUT2D eigenvalue weighted by Gasteiger charge is -2.16. The molecule has 0 radical (unpaired) electrons. The van der Waals surface area contributed by atoms with E-state index >= 15 is 0 Å². The van der Waals surface area contributed by atoms with E-state index < -0.39 is 22.6 Å². The third-order valence-electron chi connectivity index (χ3n) is 5.64. The predicted octanol–water partition coefficient (Wildman–Crippen LogP) is 5.94. The van der Waals surface area contributed by atoms with Crippen molar-refractivity contribution in [2.75, 3.05) is 10.6 Å². The van der Waals surface area contributed by atoms with E-state index in [0.29, 0.717) is 17.1 Å². The summed E-state index contributed by atoms with van der Waals surface area (Å²) >= 11 is 0. The highest BCUT2D eigenvalue weighted by molar-refractivity contribution is 6.37. The van der Waals surface area contributed by atoms with Gasteiger partial charge in [-0.05, 0) is 35.9 Å². The number of rotatable bonds is 5. The zero-order valence-electron chi connectivity index (χ0n) is 18.3. The van der Waals surface area contributed by atoms with Gasteiger partial charge in [0.05, 0.1) is 33.8 Å². The average Bonchev–Trinajstić information content (AvgIpc) is 3.50. The van der Waals surface area contributed by atoms with Crippen molar-refractivity contribution in [3.63, 3.8) is 0 Å². The molecule has 0 fully saturated rings. The van der Waals surface area contributed by atoms with Crippen molar-refractivity contribution in [1.82, 2.24) is 9.97 Å². The lowest BCUT2D eigenvalue weighted by molar-refractivity contribution is -0.384. The number of H-pyrrole nitrogens is 1. The second-order valence-electron chi connectivity index (χ2n) is 7.93. The molecule has 0 bridgehead atoms. The first-order valence-corrected chi connectivity index (χ1v) is 10.6. The number of nitro benzene ring substituents is 1. The monoisotopic (exact) mass is 491 g/mol. The molecular formula is C25H16F3N5O3. The van der Waals surface area contributed by atoms with Gasteiger partial charge in [0, 0.05) is 40.8 Å². The summed E-state index contributed by atoms with van der Waals surface area (Å²) < 4.78 is 39.5. The van der Waals surface area contributed by atoms with Crippen molar-refractivity contribution < 1.29 is 22.9 Å². The number of carbonyl (C=O) groups is 1. The quantitative estimate of drug-likeness (QED) is 0.182. The van der Waals surface area contributed by atoms with Crippen LogP contribution >= 0.6 is 0 Å². The average molecular weight is 491 g/mol. The van der Waals surface area contributed by atoms with Gasteiger partial charge < -0.3 is 15.6 Å². The number of aromatic nitrogens is 2. The zero-order valence-corrected chi connectivity index (χ0v) is 18.3. The first kappa shape index (κ1) is 22.8. The molecule has 0 aliphatic carbocycles. The van der Waals surface area contributed by atoms with E-state index in [1.54, 1.807) is 24.4 Å². The number of non-ortho nitro benzene ring substituents is 1. The molecule has 36 heavy (non-hydrogen) atoms. The van der Waals surface area contributed by atoms with E-state index in [1.165, 1.54) is 36.7 Å². The van der Waals surface area contributed by atoms with Crippen LogP contribution in [0.15, 0.2) is 79.3 Å². The molecule has 0 spiro atoms. The van der Waals surface area contributed by atoms with Crippen molar-refractivity contribution in [2.24, 2.45) is 0 Å². The highest BCUT2D eigenvalue weighted by atomic mass is 19.4. The van der Waals surface area contributed by atoms with Gasteiger partial charge in [-0.3, -0.25) is 14.9 Å². The summed E-state index contributed by atoms with van der Waals surface area (Å²) in [6.45, 7) is 0. The molecule has 3 aromatic carbocycles. The number of aromatic amines is 1. The first-order valence-electron chi connectivity index (χ1n) is 10.6. The van der Waals surface area contributed by atoms with Gasteiger partial charge in [0.1, 0.15) is 0 Å². The fraction of sp³-hybridized carbons (Fsp3) is 0.0400. The van der Waals surface area contributed by atoms with E-state index in [0.717, 1.165) is 17.7 Å². The van der Waals surface area contributed by atoms with Crippen LogP contribution in [0.5, 0.6) is 0 Å². The Bertz CT molecular complexity index is 1510. The third-order valence-corrected chi connectivity index (χ3v) is 5.64. The van der Waals surface area contributed by atoms with Crippen molar-refractivity contribution in [3.05, 3.63) is 106 Å². The molecule has 0 saturated carbocycles. The predicted molar refractivity (Wildman–Crippen MR) is 128 cm³/mol. The first-order chi connectivity index (χ1) is 17.2. The maximum atomic E-state index is 13.2. The topological polar surface area (TPSA) is 113 Å². The summed E-state index contributed by atoms with van der Waals surface area (Å²) in [7, 11) is 0. The van der Waals surface area contributed by atoms with Crippen LogP contribution in [-0.4, -0.2) is 20.8 Å². The number of benzene rings is 3. The Kier molecular flexibility index (Phi) is 5.51. The van der Waals surface area contributed by atoms with Crippen LogP contribution in [0, 0.1) is 10.1 Å². The Hall–Kier alpha value is -4.93. The van der Waals surface area contributed by atoms with Crippen molar-refractivity contribution in [1.29, 1.82) is 0 Å². The number of nitrogens with zero attached hydrogens (tertiary/aromatic N) is 2. The summed E-state index contributed by atoms with van der Waals surface area (Å²) in [6, 6.07) is 15.3. The van der Waals surface area contributed by atoms with Crippen LogP contribution in [0.25, 0.3) is 22.5 Å². The normalized spacial score (nSPS) is 14.2. The van der Waals surface area contributed by atoms with E-state index in [1.807, 2.05) is 6.07 Å². The number of nitrogens with one attached hydrogen (secondary N) is 3. The zero-order chi connectivity index (χ0) is 25.4. The molecule has 180 valence electrons. The summed E-state index contributed by atoms with van der Waals surface area (Å²) in [5.74, 6) is -0.545. The molecule has 0 unspecified atom stereocenters. The minimum Gasteiger partial charge on any atom is -0.354 e. The largest absolute Gasteiger partial charge is 0.416 e. The second-order valence-corrected chi connectivity index (χ2v) is 7.93. The van der Waals surface area contributed by atoms with Gasteiger partial charge in [0.25, 0.3) is 11.6 Å². The number of hydrogen-bond acceptors (Lipinski definition) is 5. The van der Waals surface area contributed by atoms with E-state index in [4.69, 9.17) is 0 Å². The Morgan fingerprint density at radius 1 is 1.03 bits per heavy atom. The van der Waals surface area contributed by atoms with Crippen molar-refractivity contribution >= 4 is 34.2 Å².